The largest absolute Gasteiger partial charge is 0.383 e. The number of carbonyl (C=O) groups is 2. The monoisotopic (exact) mass is 434 g/mol. The maximum absolute atomic E-state index is 12.6. The van der Waals surface area contributed by atoms with E-state index < -0.39 is 18.2 Å². The number of rotatable bonds is 5. The highest BCUT2D eigenvalue weighted by atomic mass is 35.5. The van der Waals surface area contributed by atoms with E-state index in [2.05, 4.69) is 21.2 Å². The first-order valence-electron chi connectivity index (χ1n) is 10.1. The van der Waals surface area contributed by atoms with E-state index in [-0.39, 0.29) is 5.91 Å². The standard InChI is InChI=1S/C20H27ClN6O3/c1-24-17-16(18(28)23-20(24)29)27(11-12-30-2)19(22-17)26-9-7-25(8-10-26)13-14-5-3-4-6-15(14)21/h3-6,16-17H,7-13H2,1-2H3,(H,23,28,29). The van der Waals surface area contributed by atoms with E-state index in [1.165, 1.54) is 4.90 Å². The van der Waals surface area contributed by atoms with E-state index in [1.807, 2.05) is 23.1 Å². The van der Waals surface area contributed by atoms with Crippen LogP contribution < -0.4 is 5.32 Å². The molecule has 0 saturated carbocycles. The van der Waals surface area contributed by atoms with Crippen LogP contribution in [0.4, 0.5) is 4.79 Å². The zero-order valence-electron chi connectivity index (χ0n) is 17.3. The number of benzene rings is 1. The Morgan fingerprint density at radius 2 is 1.93 bits per heavy atom. The number of carbonyl (C=O) groups excluding carboxylic acids is 2. The van der Waals surface area contributed by atoms with E-state index in [4.69, 9.17) is 21.3 Å². The van der Waals surface area contributed by atoms with Gasteiger partial charge in [0.1, 0.15) is 0 Å². The summed E-state index contributed by atoms with van der Waals surface area (Å²) in [5, 5.41) is 3.21. The number of aliphatic imine (C=N–C) groups is 1. The van der Waals surface area contributed by atoms with E-state index in [1.54, 1.807) is 14.2 Å². The molecule has 162 valence electrons. The van der Waals surface area contributed by atoms with Gasteiger partial charge in [-0.05, 0) is 11.6 Å². The van der Waals surface area contributed by atoms with Crippen molar-refractivity contribution in [3.63, 3.8) is 0 Å². The number of imide groups is 1. The Bertz CT molecular complexity index is 842. The molecule has 0 radical (unpaired) electrons. The molecule has 3 aliphatic rings. The second kappa shape index (κ2) is 8.79. The number of halogens is 1. The molecular formula is C20H27ClN6O3. The number of amides is 3. The Balaban J connectivity index is 1.46. The molecule has 3 amide bonds. The number of nitrogens with zero attached hydrogens (tertiary/aromatic N) is 5. The zero-order valence-corrected chi connectivity index (χ0v) is 18.0. The summed E-state index contributed by atoms with van der Waals surface area (Å²) < 4.78 is 5.25. The van der Waals surface area contributed by atoms with Gasteiger partial charge >= 0.3 is 6.03 Å². The molecule has 0 aliphatic carbocycles. The first kappa shape index (κ1) is 20.9. The topological polar surface area (TPSA) is 80.7 Å². The fourth-order valence-electron chi connectivity index (χ4n) is 4.18. The van der Waals surface area contributed by atoms with Gasteiger partial charge in [-0.1, -0.05) is 29.8 Å². The van der Waals surface area contributed by atoms with Crippen molar-refractivity contribution in [3.05, 3.63) is 34.9 Å². The van der Waals surface area contributed by atoms with Crippen LogP contribution in [0.25, 0.3) is 0 Å². The maximum atomic E-state index is 12.6. The Kier molecular flexibility index (Phi) is 6.12. The van der Waals surface area contributed by atoms with Gasteiger partial charge in [-0.3, -0.25) is 15.0 Å². The van der Waals surface area contributed by atoms with Gasteiger partial charge in [-0.25, -0.2) is 9.79 Å². The van der Waals surface area contributed by atoms with Gasteiger partial charge in [-0.15, -0.1) is 0 Å². The summed E-state index contributed by atoms with van der Waals surface area (Å²) in [5.41, 5.74) is 1.12. The van der Waals surface area contributed by atoms with Crippen molar-refractivity contribution in [1.29, 1.82) is 0 Å². The average molecular weight is 435 g/mol. The molecule has 1 N–H and O–H groups in total. The second-order valence-electron chi connectivity index (χ2n) is 7.73. The molecule has 0 bridgehead atoms. The van der Waals surface area contributed by atoms with Crippen LogP contribution in [0.1, 0.15) is 5.56 Å². The number of fused-ring (bicyclic) bond motifs is 1. The molecule has 2 fully saturated rings. The normalized spacial score (nSPS) is 24.8. The maximum Gasteiger partial charge on any atom is 0.325 e. The summed E-state index contributed by atoms with van der Waals surface area (Å²) in [6, 6.07) is 6.97. The van der Waals surface area contributed by atoms with E-state index >= 15 is 0 Å². The third kappa shape index (κ3) is 3.97. The molecule has 1 aromatic carbocycles. The first-order chi connectivity index (χ1) is 14.5. The summed E-state index contributed by atoms with van der Waals surface area (Å²) in [4.78, 5) is 37.4. The Morgan fingerprint density at radius 1 is 1.20 bits per heavy atom. The molecule has 1 aromatic rings. The fraction of sp³-hybridized carbons (Fsp3) is 0.550. The molecule has 2 atom stereocenters. The number of likely N-dealkylation sites (N-methyl/N-ethyl adjacent to an activating group) is 1. The van der Waals surface area contributed by atoms with E-state index in [0.29, 0.717) is 13.2 Å². The van der Waals surface area contributed by atoms with Gasteiger partial charge in [0.05, 0.1) is 6.61 Å². The lowest BCUT2D eigenvalue weighted by Gasteiger charge is -2.40. The number of ether oxygens (including phenoxy) is 1. The van der Waals surface area contributed by atoms with Gasteiger partial charge in [0.2, 0.25) is 0 Å². The smallest absolute Gasteiger partial charge is 0.325 e. The lowest BCUT2D eigenvalue weighted by Crippen LogP contribution is -2.65. The predicted molar refractivity (Wildman–Crippen MR) is 113 cm³/mol. The molecular weight excluding hydrogens is 408 g/mol. The predicted octanol–water partition coefficient (Wildman–Crippen LogP) is 0.652. The molecule has 4 rings (SSSR count). The van der Waals surface area contributed by atoms with Crippen molar-refractivity contribution in [2.45, 2.75) is 18.8 Å². The highest BCUT2D eigenvalue weighted by Gasteiger charge is 2.49. The number of guanidine groups is 1. The van der Waals surface area contributed by atoms with Crippen LogP contribution in [0.3, 0.4) is 0 Å². The van der Waals surface area contributed by atoms with Gasteiger partial charge < -0.3 is 19.4 Å². The molecule has 9 nitrogen and oxygen atoms in total. The third-order valence-corrected chi connectivity index (χ3v) is 6.25. The van der Waals surface area contributed by atoms with Crippen molar-refractivity contribution < 1.29 is 14.3 Å². The summed E-state index contributed by atoms with van der Waals surface area (Å²) >= 11 is 6.31. The first-order valence-corrected chi connectivity index (χ1v) is 10.5. The van der Waals surface area contributed by atoms with Crippen LogP contribution >= 0.6 is 11.6 Å². The van der Waals surface area contributed by atoms with Gasteiger partial charge in [0, 0.05) is 58.4 Å². The Morgan fingerprint density at radius 3 is 2.63 bits per heavy atom. The van der Waals surface area contributed by atoms with Crippen LogP contribution in [0.15, 0.2) is 29.3 Å². The molecule has 0 aromatic heterocycles. The average Bonchev–Trinajstić information content (AvgIpc) is 3.13. The van der Waals surface area contributed by atoms with E-state index in [0.717, 1.165) is 49.3 Å². The summed E-state index contributed by atoms with van der Waals surface area (Å²) in [7, 11) is 3.30. The minimum atomic E-state index is -0.529. The Hall–Kier alpha value is -2.36. The third-order valence-electron chi connectivity index (χ3n) is 5.88. The van der Waals surface area contributed by atoms with Crippen molar-refractivity contribution >= 4 is 29.5 Å². The van der Waals surface area contributed by atoms with Crippen molar-refractivity contribution in [3.8, 4) is 0 Å². The van der Waals surface area contributed by atoms with Crippen LogP contribution in [-0.4, -0.2) is 103 Å². The summed E-state index contributed by atoms with van der Waals surface area (Å²) in [6.45, 7) is 5.10. The lowest BCUT2D eigenvalue weighted by atomic mass is 10.1. The molecule has 3 aliphatic heterocycles. The zero-order chi connectivity index (χ0) is 21.3. The molecule has 3 heterocycles. The van der Waals surface area contributed by atoms with E-state index in [9.17, 15) is 9.59 Å². The summed E-state index contributed by atoms with van der Waals surface area (Å²) in [6.07, 6.45) is -0.515. The molecule has 2 unspecified atom stereocenters. The van der Waals surface area contributed by atoms with Gasteiger partial charge in [-0.2, -0.15) is 0 Å². The SMILES string of the molecule is COCCN1C(N2CCN(Cc3ccccc3Cl)CC2)=NC2C1C(=O)NC(=O)N2C. The number of urea groups is 1. The minimum Gasteiger partial charge on any atom is -0.383 e. The highest BCUT2D eigenvalue weighted by Crippen LogP contribution is 2.26. The molecule has 2 saturated heterocycles. The number of piperazine rings is 1. The van der Waals surface area contributed by atoms with Gasteiger partial charge in [0.15, 0.2) is 18.2 Å². The lowest BCUT2D eigenvalue weighted by molar-refractivity contribution is -0.127. The van der Waals surface area contributed by atoms with Gasteiger partial charge in [0.25, 0.3) is 5.91 Å². The second-order valence-corrected chi connectivity index (χ2v) is 8.14. The van der Waals surface area contributed by atoms with Crippen molar-refractivity contribution in [1.82, 2.24) is 24.9 Å². The van der Waals surface area contributed by atoms with Crippen LogP contribution in [0.5, 0.6) is 0 Å². The highest BCUT2D eigenvalue weighted by molar-refractivity contribution is 6.31. The number of hydrogen-bond acceptors (Lipinski definition) is 7. The van der Waals surface area contributed by atoms with Crippen molar-refractivity contribution in [2.75, 3.05) is 53.5 Å². The van der Waals surface area contributed by atoms with Crippen molar-refractivity contribution in [2.24, 2.45) is 4.99 Å². The summed E-state index contributed by atoms with van der Waals surface area (Å²) in [5.74, 6) is 0.450. The quantitative estimate of drug-likeness (QED) is 0.733. The van der Waals surface area contributed by atoms with Crippen LogP contribution in [-0.2, 0) is 16.1 Å². The Labute approximate surface area is 181 Å². The minimum absolute atomic E-state index is 0.310. The van der Waals surface area contributed by atoms with Crippen LogP contribution in [0.2, 0.25) is 5.02 Å². The number of hydrogen-bond donors (Lipinski definition) is 1. The molecule has 10 heteroatoms. The van der Waals surface area contributed by atoms with Crippen LogP contribution in [0, 0.1) is 0 Å². The molecule has 30 heavy (non-hydrogen) atoms. The number of nitrogens with one attached hydrogen (secondary N) is 1. The molecule has 0 spiro atoms. The number of methoxy groups -OCH3 is 1. The fourth-order valence-corrected chi connectivity index (χ4v) is 4.37.